The van der Waals surface area contributed by atoms with Gasteiger partial charge >= 0.3 is 0 Å². The molecule has 1 fully saturated rings. The average molecular weight is 323 g/mol. The maximum absolute atomic E-state index is 5.24. The van der Waals surface area contributed by atoms with E-state index in [1.807, 2.05) is 0 Å². The smallest absolute Gasteiger partial charge is 0.0822 e. The lowest BCUT2D eigenvalue weighted by molar-refractivity contribution is -0.00000513. The first-order chi connectivity index (χ1) is 9.33. The Hall–Kier alpha value is 0.170. The summed E-state index contributed by atoms with van der Waals surface area (Å²) in [5.74, 6) is 0. The Morgan fingerprint density at radius 1 is 0.857 bits per heavy atom. The zero-order valence-corrected chi connectivity index (χ0v) is 15.5. The van der Waals surface area contributed by atoms with Gasteiger partial charge in [-0.05, 0) is 26.4 Å². The summed E-state index contributed by atoms with van der Waals surface area (Å²) >= 11 is 0. The fourth-order valence-corrected chi connectivity index (χ4v) is 2.58. The van der Waals surface area contributed by atoms with Crippen molar-refractivity contribution >= 4 is 0 Å². The van der Waals surface area contributed by atoms with Gasteiger partial charge in [-0.25, -0.2) is 0 Å². The molecule has 1 aliphatic rings. The van der Waals surface area contributed by atoms with Crippen molar-refractivity contribution in [2.45, 2.75) is 83.7 Å². The number of hydrogen-bond acceptors (Lipinski definition) is 2. The second kappa shape index (κ2) is 16.5. The highest BCUT2D eigenvalue weighted by Crippen LogP contribution is 2.14. The molecule has 1 heterocycles. The van der Waals surface area contributed by atoms with Crippen LogP contribution >= 0.6 is 0 Å². The molecule has 0 aliphatic carbocycles. The summed E-state index contributed by atoms with van der Waals surface area (Å²) in [5.41, 5.74) is 0. The molecule has 0 saturated carbocycles. The first-order valence-corrected chi connectivity index (χ1v) is 8.63. The third-order valence-electron chi connectivity index (χ3n) is 4.13. The topological polar surface area (TPSA) is 52.3 Å². The largest absolute Gasteiger partial charge is 1.00 e. The standard InChI is InChI=1S/C17H35NO.ClH.H3N/c1-3-4-5-6-7-8-9-10-11-12-14-18(2)15-13-17-16-19-17;;/h17H,3-16H2,1-2H3;1H;1H3. The first-order valence-electron chi connectivity index (χ1n) is 8.63. The summed E-state index contributed by atoms with van der Waals surface area (Å²) in [4.78, 5) is 2.46. The Bertz CT molecular complexity index is 201. The molecule has 0 amide bonds. The van der Waals surface area contributed by atoms with Gasteiger partial charge in [-0.3, -0.25) is 0 Å². The van der Waals surface area contributed by atoms with Crippen molar-refractivity contribution in [3.63, 3.8) is 0 Å². The zero-order valence-electron chi connectivity index (χ0n) is 14.7. The van der Waals surface area contributed by atoms with E-state index in [9.17, 15) is 0 Å². The number of hydrogen-bond donors (Lipinski definition) is 1. The number of halogens is 1. The predicted molar refractivity (Wildman–Crippen MR) is 89.7 cm³/mol. The molecule has 0 spiro atoms. The summed E-state index contributed by atoms with van der Waals surface area (Å²) in [6.07, 6.45) is 16.1. The third-order valence-corrected chi connectivity index (χ3v) is 4.13. The van der Waals surface area contributed by atoms with Gasteiger partial charge in [0.25, 0.3) is 0 Å². The molecule has 4 N–H and O–H groups in total. The molecule has 0 aromatic carbocycles. The van der Waals surface area contributed by atoms with E-state index in [0.29, 0.717) is 6.10 Å². The molecule has 4 heteroatoms. The minimum absolute atomic E-state index is 0. The van der Waals surface area contributed by atoms with Crippen LogP contribution in [0.15, 0.2) is 0 Å². The number of unbranched alkanes of at least 4 members (excludes halogenated alkanes) is 9. The van der Waals surface area contributed by atoms with E-state index in [1.54, 1.807) is 0 Å². The van der Waals surface area contributed by atoms with Gasteiger partial charge < -0.3 is 28.2 Å². The molecular formula is C17H39ClN2O. The zero-order chi connectivity index (χ0) is 13.8. The molecule has 1 aliphatic heterocycles. The number of nitrogens with zero attached hydrogens (tertiary/aromatic N) is 1. The van der Waals surface area contributed by atoms with E-state index in [1.165, 1.54) is 83.7 Å². The SMILES string of the molecule is CCCCCCCCCCCCN(C)CCC1CO1.[Cl-].[NH4+]. The quantitative estimate of drug-likeness (QED) is 0.393. The molecule has 0 aromatic rings. The van der Waals surface area contributed by atoms with E-state index in [-0.39, 0.29) is 18.6 Å². The normalized spacial score (nSPS) is 16.4. The van der Waals surface area contributed by atoms with E-state index in [4.69, 9.17) is 4.74 Å². The molecule has 1 unspecified atom stereocenters. The fourth-order valence-electron chi connectivity index (χ4n) is 2.58. The first kappa shape index (κ1) is 23.4. The second-order valence-electron chi connectivity index (χ2n) is 6.23. The summed E-state index contributed by atoms with van der Waals surface area (Å²) in [6, 6.07) is 0. The van der Waals surface area contributed by atoms with Gasteiger partial charge in [0.2, 0.25) is 0 Å². The Morgan fingerprint density at radius 3 is 1.81 bits per heavy atom. The average Bonchev–Trinajstić information content (AvgIpc) is 3.23. The van der Waals surface area contributed by atoms with Gasteiger partial charge in [-0.15, -0.1) is 0 Å². The van der Waals surface area contributed by atoms with Crippen LogP contribution in [0.1, 0.15) is 77.6 Å². The third kappa shape index (κ3) is 16.4. The van der Waals surface area contributed by atoms with Gasteiger partial charge in [0.1, 0.15) is 0 Å². The van der Waals surface area contributed by atoms with Gasteiger partial charge in [-0.2, -0.15) is 0 Å². The predicted octanol–water partition coefficient (Wildman–Crippen LogP) is 2.01. The van der Waals surface area contributed by atoms with Crippen molar-refractivity contribution in [2.24, 2.45) is 0 Å². The Balaban J connectivity index is 0. The van der Waals surface area contributed by atoms with E-state index >= 15 is 0 Å². The van der Waals surface area contributed by atoms with Crippen LogP contribution < -0.4 is 18.6 Å². The van der Waals surface area contributed by atoms with E-state index in [0.717, 1.165) is 6.61 Å². The van der Waals surface area contributed by atoms with Crippen molar-refractivity contribution in [3.8, 4) is 0 Å². The maximum Gasteiger partial charge on any atom is 0.0822 e. The molecule has 0 bridgehead atoms. The highest BCUT2D eigenvalue weighted by molar-refractivity contribution is 4.70. The van der Waals surface area contributed by atoms with Crippen molar-refractivity contribution in [2.75, 3.05) is 26.7 Å². The minimum Gasteiger partial charge on any atom is -1.00 e. The minimum atomic E-state index is 0. The molecular weight excluding hydrogens is 284 g/mol. The molecule has 1 atom stereocenters. The monoisotopic (exact) mass is 322 g/mol. The number of epoxide rings is 1. The van der Waals surface area contributed by atoms with Crippen molar-refractivity contribution in [1.82, 2.24) is 11.1 Å². The van der Waals surface area contributed by atoms with E-state index < -0.39 is 0 Å². The molecule has 130 valence electrons. The van der Waals surface area contributed by atoms with Gasteiger partial charge in [-0.1, -0.05) is 64.7 Å². The van der Waals surface area contributed by atoms with Crippen LogP contribution in [-0.4, -0.2) is 37.7 Å². The summed E-state index contributed by atoms with van der Waals surface area (Å²) in [5, 5.41) is 0. The van der Waals surface area contributed by atoms with E-state index in [2.05, 4.69) is 18.9 Å². The molecule has 1 rings (SSSR count). The second-order valence-corrected chi connectivity index (χ2v) is 6.23. The maximum atomic E-state index is 5.24. The van der Waals surface area contributed by atoms with Crippen LogP contribution in [0.3, 0.4) is 0 Å². The van der Waals surface area contributed by atoms with Crippen LogP contribution in [0.5, 0.6) is 0 Å². The lowest BCUT2D eigenvalue weighted by Gasteiger charge is -2.15. The molecule has 21 heavy (non-hydrogen) atoms. The lowest BCUT2D eigenvalue weighted by atomic mass is 10.1. The van der Waals surface area contributed by atoms with Gasteiger partial charge in [0.05, 0.1) is 12.7 Å². The van der Waals surface area contributed by atoms with Crippen molar-refractivity contribution in [3.05, 3.63) is 0 Å². The van der Waals surface area contributed by atoms with Gasteiger partial charge in [0.15, 0.2) is 0 Å². The summed E-state index contributed by atoms with van der Waals surface area (Å²) in [7, 11) is 2.25. The highest BCUT2D eigenvalue weighted by atomic mass is 35.5. The Labute approximate surface area is 139 Å². The molecule has 0 aromatic heterocycles. The van der Waals surface area contributed by atoms with Crippen molar-refractivity contribution < 1.29 is 17.1 Å². The molecule has 1 saturated heterocycles. The fraction of sp³-hybridized carbons (Fsp3) is 1.00. The van der Waals surface area contributed by atoms with Crippen LogP contribution in [0.25, 0.3) is 0 Å². The van der Waals surface area contributed by atoms with Crippen LogP contribution in [0.4, 0.5) is 0 Å². The highest BCUT2D eigenvalue weighted by Gasteiger charge is 2.21. The van der Waals surface area contributed by atoms with Crippen LogP contribution in [0, 0.1) is 0 Å². The molecule has 0 radical (unpaired) electrons. The van der Waals surface area contributed by atoms with Gasteiger partial charge in [0, 0.05) is 6.54 Å². The summed E-state index contributed by atoms with van der Waals surface area (Å²) < 4.78 is 5.24. The number of ether oxygens (including phenoxy) is 1. The van der Waals surface area contributed by atoms with Crippen LogP contribution in [-0.2, 0) is 4.74 Å². The lowest BCUT2D eigenvalue weighted by Crippen LogP contribution is -3.00. The van der Waals surface area contributed by atoms with Crippen LogP contribution in [0.2, 0.25) is 0 Å². The molecule has 3 nitrogen and oxygen atoms in total. The number of rotatable bonds is 14. The Morgan fingerprint density at radius 2 is 1.33 bits per heavy atom. The summed E-state index contributed by atoms with van der Waals surface area (Å²) in [6.45, 7) is 5.77. The Kier molecular flexibility index (Phi) is 18.5. The number of quaternary nitrogens is 1. The van der Waals surface area contributed by atoms with Crippen molar-refractivity contribution in [1.29, 1.82) is 0 Å².